The number of halogens is 1. The smallest absolute Gasteiger partial charge is 0.291 e. The van der Waals surface area contributed by atoms with Crippen LogP contribution in [0.25, 0.3) is 11.3 Å². The van der Waals surface area contributed by atoms with Gasteiger partial charge in [0.1, 0.15) is 11.4 Å². The summed E-state index contributed by atoms with van der Waals surface area (Å²) in [5, 5.41) is 7.56. The SMILES string of the molecule is CCn1nc(-c2ccccc2)c(C(C)=O)c(Nc2cccc(Br)c2)c1=O. The summed E-state index contributed by atoms with van der Waals surface area (Å²) in [5.41, 5.74) is 2.22. The average Bonchev–Trinajstić information content (AvgIpc) is 2.63. The lowest BCUT2D eigenvalue weighted by Gasteiger charge is -2.16. The Labute approximate surface area is 159 Å². The minimum absolute atomic E-state index is 0.214. The van der Waals surface area contributed by atoms with Crippen molar-refractivity contribution in [2.24, 2.45) is 0 Å². The van der Waals surface area contributed by atoms with Gasteiger partial charge in [-0.2, -0.15) is 5.10 Å². The number of hydrogen-bond donors (Lipinski definition) is 1. The van der Waals surface area contributed by atoms with Gasteiger partial charge in [0.15, 0.2) is 5.78 Å². The van der Waals surface area contributed by atoms with E-state index in [2.05, 4.69) is 26.3 Å². The van der Waals surface area contributed by atoms with E-state index in [1.54, 1.807) is 0 Å². The molecule has 3 rings (SSSR count). The minimum atomic E-state index is -0.322. The van der Waals surface area contributed by atoms with Crippen molar-refractivity contribution in [1.29, 1.82) is 0 Å². The number of hydrogen-bond acceptors (Lipinski definition) is 4. The third-order valence-electron chi connectivity index (χ3n) is 3.95. The van der Waals surface area contributed by atoms with E-state index in [1.807, 2.05) is 61.5 Å². The van der Waals surface area contributed by atoms with Crippen LogP contribution < -0.4 is 10.9 Å². The van der Waals surface area contributed by atoms with Gasteiger partial charge in [-0.05, 0) is 32.0 Å². The summed E-state index contributed by atoms with van der Waals surface area (Å²) in [6.45, 7) is 3.70. The second-order valence-corrected chi connectivity index (χ2v) is 6.69. The maximum atomic E-state index is 12.9. The van der Waals surface area contributed by atoms with Crippen LogP contribution in [0.2, 0.25) is 0 Å². The number of anilines is 2. The van der Waals surface area contributed by atoms with Gasteiger partial charge in [-0.3, -0.25) is 9.59 Å². The third kappa shape index (κ3) is 3.60. The highest BCUT2D eigenvalue weighted by molar-refractivity contribution is 9.10. The molecule has 3 aromatic rings. The fourth-order valence-electron chi connectivity index (χ4n) is 2.75. The van der Waals surface area contributed by atoms with Crippen molar-refractivity contribution in [3.8, 4) is 11.3 Å². The van der Waals surface area contributed by atoms with E-state index in [0.717, 1.165) is 10.0 Å². The number of nitrogens with one attached hydrogen (secondary N) is 1. The second kappa shape index (κ2) is 7.66. The molecule has 0 aliphatic rings. The molecule has 0 aliphatic heterocycles. The predicted molar refractivity (Wildman–Crippen MR) is 107 cm³/mol. The lowest BCUT2D eigenvalue weighted by molar-refractivity contribution is 0.101. The molecule has 0 spiro atoms. The molecule has 26 heavy (non-hydrogen) atoms. The zero-order chi connectivity index (χ0) is 18.7. The van der Waals surface area contributed by atoms with E-state index in [1.165, 1.54) is 11.6 Å². The molecule has 0 unspecified atom stereocenters. The molecule has 1 heterocycles. The molecule has 1 N–H and O–H groups in total. The maximum absolute atomic E-state index is 12.9. The van der Waals surface area contributed by atoms with Crippen molar-refractivity contribution in [3.63, 3.8) is 0 Å². The zero-order valence-corrected chi connectivity index (χ0v) is 16.1. The molecule has 0 aliphatic carbocycles. The molecule has 0 bridgehead atoms. The molecule has 0 amide bonds. The number of carbonyl (C=O) groups is 1. The van der Waals surface area contributed by atoms with Crippen LogP contribution in [0.15, 0.2) is 63.9 Å². The van der Waals surface area contributed by atoms with E-state index in [-0.39, 0.29) is 17.0 Å². The fraction of sp³-hybridized carbons (Fsp3) is 0.150. The molecule has 2 aromatic carbocycles. The molecule has 5 nitrogen and oxygen atoms in total. The molecule has 0 radical (unpaired) electrons. The van der Waals surface area contributed by atoms with Crippen LogP contribution in [0.3, 0.4) is 0 Å². The number of ketones is 1. The Hall–Kier alpha value is -2.73. The first-order valence-electron chi connectivity index (χ1n) is 8.25. The highest BCUT2D eigenvalue weighted by Crippen LogP contribution is 2.28. The van der Waals surface area contributed by atoms with E-state index in [0.29, 0.717) is 23.5 Å². The van der Waals surface area contributed by atoms with Gasteiger partial charge in [0.05, 0.1) is 5.56 Å². The Balaban J connectivity index is 2.27. The number of carbonyl (C=O) groups excluding carboxylic acids is 1. The number of nitrogens with zero attached hydrogens (tertiary/aromatic N) is 2. The predicted octanol–water partition coefficient (Wildman–Crippen LogP) is 4.64. The first kappa shape index (κ1) is 18.1. The summed E-state index contributed by atoms with van der Waals surface area (Å²) in [4.78, 5) is 25.3. The summed E-state index contributed by atoms with van der Waals surface area (Å²) < 4.78 is 2.25. The largest absolute Gasteiger partial charge is 0.350 e. The topological polar surface area (TPSA) is 64.0 Å². The van der Waals surface area contributed by atoms with Crippen LogP contribution in [0.1, 0.15) is 24.2 Å². The number of aryl methyl sites for hydroxylation is 1. The van der Waals surface area contributed by atoms with Crippen molar-refractivity contribution in [3.05, 3.63) is 75.0 Å². The van der Waals surface area contributed by atoms with Crippen molar-refractivity contribution in [1.82, 2.24) is 9.78 Å². The molecule has 1 aromatic heterocycles. The number of Topliss-reactive ketones (excluding diaryl/α,β-unsaturated/α-hetero) is 1. The van der Waals surface area contributed by atoms with Gasteiger partial charge in [0.2, 0.25) is 0 Å². The maximum Gasteiger partial charge on any atom is 0.291 e. The molecule has 6 heteroatoms. The van der Waals surface area contributed by atoms with E-state index in [9.17, 15) is 9.59 Å². The van der Waals surface area contributed by atoms with Crippen LogP contribution >= 0.6 is 15.9 Å². The Kier molecular flexibility index (Phi) is 5.32. The van der Waals surface area contributed by atoms with Gasteiger partial charge in [0.25, 0.3) is 5.56 Å². The zero-order valence-electron chi connectivity index (χ0n) is 14.5. The molecule has 132 valence electrons. The Morgan fingerprint density at radius 1 is 1.15 bits per heavy atom. The minimum Gasteiger partial charge on any atom is -0.350 e. The monoisotopic (exact) mass is 411 g/mol. The van der Waals surface area contributed by atoms with Crippen LogP contribution in [0.5, 0.6) is 0 Å². The number of benzene rings is 2. The third-order valence-corrected chi connectivity index (χ3v) is 4.44. The molecular formula is C20H18BrN3O2. The van der Waals surface area contributed by atoms with Crippen LogP contribution in [-0.2, 0) is 6.54 Å². The van der Waals surface area contributed by atoms with Crippen molar-refractivity contribution < 1.29 is 4.79 Å². The van der Waals surface area contributed by atoms with Crippen molar-refractivity contribution >= 4 is 33.1 Å². The molecular weight excluding hydrogens is 394 g/mol. The van der Waals surface area contributed by atoms with Crippen molar-refractivity contribution in [2.45, 2.75) is 20.4 Å². The van der Waals surface area contributed by atoms with E-state index >= 15 is 0 Å². The molecule has 0 fully saturated rings. The highest BCUT2D eigenvalue weighted by Gasteiger charge is 2.21. The van der Waals surface area contributed by atoms with Gasteiger partial charge in [-0.25, -0.2) is 4.68 Å². The number of aromatic nitrogens is 2. The highest BCUT2D eigenvalue weighted by atomic mass is 79.9. The second-order valence-electron chi connectivity index (χ2n) is 5.78. The normalized spacial score (nSPS) is 10.6. The van der Waals surface area contributed by atoms with Gasteiger partial charge in [-0.15, -0.1) is 0 Å². The van der Waals surface area contributed by atoms with Crippen LogP contribution in [0, 0.1) is 0 Å². The Morgan fingerprint density at radius 3 is 2.50 bits per heavy atom. The van der Waals surface area contributed by atoms with Crippen molar-refractivity contribution in [2.75, 3.05) is 5.32 Å². The molecule has 0 saturated heterocycles. The molecule has 0 atom stereocenters. The van der Waals surface area contributed by atoms with E-state index in [4.69, 9.17) is 0 Å². The first-order chi connectivity index (χ1) is 12.5. The summed E-state index contributed by atoms with van der Waals surface area (Å²) in [6.07, 6.45) is 0. The van der Waals surface area contributed by atoms with E-state index < -0.39 is 0 Å². The molecule has 0 saturated carbocycles. The van der Waals surface area contributed by atoms with Gasteiger partial charge in [-0.1, -0.05) is 52.3 Å². The van der Waals surface area contributed by atoms with Gasteiger partial charge < -0.3 is 5.32 Å². The summed E-state index contributed by atoms with van der Waals surface area (Å²) in [5.74, 6) is -0.214. The van der Waals surface area contributed by atoms with Crippen LogP contribution in [-0.4, -0.2) is 15.6 Å². The fourth-order valence-corrected chi connectivity index (χ4v) is 3.15. The lowest BCUT2D eigenvalue weighted by atomic mass is 10.0. The summed E-state index contributed by atoms with van der Waals surface area (Å²) in [6, 6.07) is 16.8. The van der Waals surface area contributed by atoms with Gasteiger partial charge in [0, 0.05) is 22.3 Å². The van der Waals surface area contributed by atoms with Gasteiger partial charge >= 0.3 is 0 Å². The summed E-state index contributed by atoms with van der Waals surface area (Å²) >= 11 is 3.42. The standard InChI is InChI=1S/C20H18BrN3O2/c1-3-24-20(26)19(22-16-11-7-10-15(21)12-16)17(13(2)25)18(23-24)14-8-5-4-6-9-14/h4-12,22H,3H2,1-2H3. The quantitative estimate of drug-likeness (QED) is 0.621. The summed E-state index contributed by atoms with van der Waals surface area (Å²) in [7, 11) is 0. The lowest BCUT2D eigenvalue weighted by Crippen LogP contribution is -2.28. The van der Waals surface area contributed by atoms with Crippen LogP contribution in [0.4, 0.5) is 11.4 Å². The number of rotatable bonds is 5. The Morgan fingerprint density at radius 2 is 1.88 bits per heavy atom. The first-order valence-corrected chi connectivity index (χ1v) is 9.04. The average molecular weight is 412 g/mol. The Bertz CT molecular complexity index is 1010.